The molecule has 4 rings (SSSR count). The van der Waals surface area contributed by atoms with Crippen LogP contribution in [0.2, 0.25) is 0 Å². The van der Waals surface area contributed by atoms with Crippen molar-refractivity contribution in [1.29, 1.82) is 0 Å². The minimum absolute atomic E-state index is 0.270. The summed E-state index contributed by atoms with van der Waals surface area (Å²) in [5, 5.41) is 1.53. The molecule has 0 spiro atoms. The number of fused-ring (bicyclic) bond motifs is 1. The third kappa shape index (κ3) is 4.23. The zero-order valence-electron chi connectivity index (χ0n) is 15.6. The Morgan fingerprint density at radius 2 is 2.04 bits per heavy atom. The molecule has 1 aliphatic carbocycles. The first-order valence-electron chi connectivity index (χ1n) is 9.43. The van der Waals surface area contributed by atoms with Crippen molar-refractivity contribution >= 4 is 40.3 Å². The van der Waals surface area contributed by atoms with Crippen LogP contribution in [0.5, 0.6) is 0 Å². The van der Waals surface area contributed by atoms with Crippen LogP contribution in [-0.4, -0.2) is 18.8 Å². The van der Waals surface area contributed by atoms with Gasteiger partial charge in [-0.15, -0.1) is 11.3 Å². The summed E-state index contributed by atoms with van der Waals surface area (Å²) in [6.45, 7) is 2.19. The molecule has 2 aromatic heterocycles. The molecule has 3 aromatic rings. The summed E-state index contributed by atoms with van der Waals surface area (Å²) >= 11 is 3.17. The van der Waals surface area contributed by atoms with Gasteiger partial charge in [-0.05, 0) is 62.4 Å². The normalized spacial score (nSPS) is 13.6. The quantitative estimate of drug-likeness (QED) is 0.353. The second-order valence-corrected chi connectivity index (χ2v) is 8.60. The van der Waals surface area contributed by atoms with Gasteiger partial charge in [0, 0.05) is 9.77 Å². The van der Waals surface area contributed by atoms with Crippen LogP contribution in [-0.2, 0) is 17.6 Å². The Morgan fingerprint density at radius 3 is 2.86 bits per heavy atom. The van der Waals surface area contributed by atoms with E-state index in [-0.39, 0.29) is 5.97 Å². The van der Waals surface area contributed by atoms with Crippen LogP contribution in [0.3, 0.4) is 0 Å². The van der Waals surface area contributed by atoms with E-state index in [9.17, 15) is 4.79 Å². The van der Waals surface area contributed by atoms with Gasteiger partial charge in [-0.3, -0.25) is 0 Å². The van der Waals surface area contributed by atoms with E-state index in [4.69, 9.17) is 9.15 Å². The molecule has 0 atom stereocenters. The van der Waals surface area contributed by atoms with E-state index in [1.54, 1.807) is 29.3 Å². The average Bonchev–Trinajstić information content (AvgIpc) is 3.31. The highest BCUT2D eigenvalue weighted by Gasteiger charge is 2.26. The van der Waals surface area contributed by atoms with Crippen LogP contribution in [0, 0.1) is 0 Å². The molecule has 1 aromatic carbocycles. The highest BCUT2D eigenvalue weighted by molar-refractivity contribution is 7.99. The van der Waals surface area contributed by atoms with Gasteiger partial charge in [0.1, 0.15) is 10.8 Å². The largest absolute Gasteiger partial charge is 0.462 e. The van der Waals surface area contributed by atoms with Crippen molar-refractivity contribution in [3.8, 4) is 0 Å². The predicted octanol–water partition coefficient (Wildman–Crippen LogP) is 6.30. The second kappa shape index (κ2) is 8.80. The molecule has 2 heterocycles. The van der Waals surface area contributed by atoms with E-state index in [0.29, 0.717) is 17.9 Å². The predicted molar refractivity (Wildman–Crippen MR) is 113 cm³/mol. The zero-order chi connectivity index (χ0) is 19.3. The molecule has 0 radical (unpaired) electrons. The summed E-state index contributed by atoms with van der Waals surface area (Å²) in [5.41, 5.74) is 1.77. The Labute approximate surface area is 172 Å². The highest BCUT2D eigenvalue weighted by atomic mass is 32.2. The molecule has 0 aliphatic heterocycles. The maximum atomic E-state index is 12.5. The maximum Gasteiger partial charge on any atom is 0.341 e. The molecule has 1 aliphatic rings. The summed E-state index contributed by atoms with van der Waals surface area (Å²) < 4.78 is 11.1. The molecule has 6 heteroatoms. The van der Waals surface area contributed by atoms with E-state index in [1.165, 1.54) is 4.88 Å². The van der Waals surface area contributed by atoms with Crippen LogP contribution in [0.4, 0.5) is 5.00 Å². The second-order valence-electron chi connectivity index (χ2n) is 6.44. The summed E-state index contributed by atoms with van der Waals surface area (Å²) in [6.07, 6.45) is 5.90. The molecule has 0 bridgehead atoms. The number of carbonyl (C=O) groups excluding carboxylic acids is 1. The van der Waals surface area contributed by atoms with Crippen LogP contribution in [0.15, 0.2) is 61.9 Å². The Balaban J connectivity index is 1.56. The van der Waals surface area contributed by atoms with Crippen molar-refractivity contribution in [2.45, 2.75) is 42.6 Å². The van der Waals surface area contributed by atoms with Crippen LogP contribution in [0.25, 0.3) is 0 Å². The number of aliphatic imine (C=N–C) groups is 1. The lowest BCUT2D eigenvalue weighted by molar-refractivity contribution is 0.0526. The van der Waals surface area contributed by atoms with E-state index in [0.717, 1.165) is 46.2 Å². The van der Waals surface area contributed by atoms with Crippen molar-refractivity contribution < 1.29 is 13.9 Å². The van der Waals surface area contributed by atoms with Gasteiger partial charge in [0.15, 0.2) is 5.09 Å². The van der Waals surface area contributed by atoms with Crippen molar-refractivity contribution in [3.05, 3.63) is 64.2 Å². The average molecular weight is 412 g/mol. The number of aryl methyl sites for hydroxylation is 1. The molecular formula is C22H21NO3S2. The number of hydrogen-bond donors (Lipinski definition) is 0. The number of carbonyl (C=O) groups is 1. The van der Waals surface area contributed by atoms with Crippen LogP contribution >= 0.6 is 23.1 Å². The van der Waals surface area contributed by atoms with Crippen molar-refractivity contribution in [2.75, 3.05) is 6.61 Å². The van der Waals surface area contributed by atoms with Gasteiger partial charge >= 0.3 is 5.97 Å². The molecule has 28 heavy (non-hydrogen) atoms. The third-order valence-corrected chi connectivity index (χ3v) is 6.63. The Hall–Kier alpha value is -2.31. The topological polar surface area (TPSA) is 51.8 Å². The minimum atomic E-state index is -0.270. The van der Waals surface area contributed by atoms with Gasteiger partial charge in [-0.25, -0.2) is 9.79 Å². The lowest BCUT2D eigenvalue weighted by atomic mass is 9.95. The molecule has 0 fully saturated rings. The molecule has 0 unspecified atom stereocenters. The lowest BCUT2D eigenvalue weighted by Gasteiger charge is -2.11. The highest BCUT2D eigenvalue weighted by Crippen LogP contribution is 2.40. The van der Waals surface area contributed by atoms with Gasteiger partial charge in [-0.2, -0.15) is 0 Å². The number of hydrogen-bond acceptors (Lipinski definition) is 6. The van der Waals surface area contributed by atoms with Crippen LogP contribution in [0.1, 0.15) is 46.3 Å². The fraction of sp³-hybridized carbons (Fsp3) is 0.273. The van der Waals surface area contributed by atoms with Gasteiger partial charge < -0.3 is 9.15 Å². The molecule has 4 nitrogen and oxygen atoms in total. The zero-order valence-corrected chi connectivity index (χ0v) is 17.3. The van der Waals surface area contributed by atoms with E-state index in [2.05, 4.69) is 4.99 Å². The number of nitrogens with zero attached hydrogens (tertiary/aromatic N) is 1. The Bertz CT molecular complexity index is 989. The SMILES string of the molecule is CCOC(=O)c1c(N=Cc2ccc(Sc3ccccc3)o2)sc2c1CCCC2. The number of thiophene rings is 1. The van der Waals surface area contributed by atoms with Gasteiger partial charge in [-0.1, -0.05) is 30.0 Å². The van der Waals surface area contributed by atoms with Crippen molar-refractivity contribution in [2.24, 2.45) is 4.99 Å². The first kappa shape index (κ1) is 19.0. The molecule has 0 saturated heterocycles. The number of esters is 1. The Morgan fingerprint density at radius 1 is 1.21 bits per heavy atom. The summed E-state index contributed by atoms with van der Waals surface area (Å²) in [5.74, 6) is 0.397. The first-order chi connectivity index (χ1) is 13.7. The van der Waals surface area contributed by atoms with Crippen LogP contribution < -0.4 is 0 Å². The molecule has 0 amide bonds. The number of benzene rings is 1. The summed E-state index contributed by atoms with van der Waals surface area (Å²) in [6, 6.07) is 13.9. The monoisotopic (exact) mass is 411 g/mol. The molecule has 144 valence electrons. The summed E-state index contributed by atoms with van der Waals surface area (Å²) in [7, 11) is 0. The number of furan rings is 1. The van der Waals surface area contributed by atoms with E-state index in [1.807, 2.05) is 49.4 Å². The molecule has 0 N–H and O–H groups in total. The number of rotatable bonds is 6. The first-order valence-corrected chi connectivity index (χ1v) is 11.1. The molecule has 0 saturated carbocycles. The standard InChI is InChI=1S/C22H21NO3S2/c1-2-25-22(24)20-17-10-6-7-11-18(17)28-21(20)23-14-15-12-13-19(26-15)27-16-8-4-3-5-9-16/h3-5,8-9,12-14H,2,6-7,10-11H2,1H3. The fourth-order valence-electron chi connectivity index (χ4n) is 3.24. The van der Waals surface area contributed by atoms with E-state index < -0.39 is 0 Å². The fourth-order valence-corrected chi connectivity index (χ4v) is 5.26. The summed E-state index contributed by atoms with van der Waals surface area (Å²) in [4.78, 5) is 19.5. The van der Waals surface area contributed by atoms with Gasteiger partial charge in [0.2, 0.25) is 0 Å². The smallest absolute Gasteiger partial charge is 0.341 e. The minimum Gasteiger partial charge on any atom is -0.462 e. The van der Waals surface area contributed by atoms with Gasteiger partial charge in [0.25, 0.3) is 0 Å². The van der Waals surface area contributed by atoms with Gasteiger partial charge in [0.05, 0.1) is 18.4 Å². The van der Waals surface area contributed by atoms with E-state index >= 15 is 0 Å². The maximum absolute atomic E-state index is 12.5. The molecular weight excluding hydrogens is 390 g/mol. The lowest BCUT2D eigenvalue weighted by Crippen LogP contribution is -2.09. The number of ether oxygens (including phenoxy) is 1. The van der Waals surface area contributed by atoms with Crippen molar-refractivity contribution in [3.63, 3.8) is 0 Å². The Kier molecular flexibility index (Phi) is 5.98. The van der Waals surface area contributed by atoms with Crippen molar-refractivity contribution in [1.82, 2.24) is 0 Å². The third-order valence-electron chi connectivity index (χ3n) is 4.51.